The first kappa shape index (κ1) is 111. The second-order valence-corrected chi connectivity index (χ2v) is 35.6. The van der Waals surface area contributed by atoms with Gasteiger partial charge in [-0.05, 0) is 57.8 Å². The van der Waals surface area contributed by atoms with E-state index in [9.17, 15) is 61.0 Å². The van der Waals surface area contributed by atoms with Gasteiger partial charge in [-0.3, -0.25) is 4.79 Å². The van der Waals surface area contributed by atoms with Crippen molar-refractivity contribution in [2.24, 2.45) is 0 Å². The van der Waals surface area contributed by atoms with Crippen molar-refractivity contribution in [3.63, 3.8) is 0 Å². The fourth-order valence-electron chi connectivity index (χ4n) is 17.0. The zero-order chi connectivity index (χ0) is 85.9. The number of aliphatic hydroxyl groups is 11. The molecule has 0 aromatic heterocycles. The first-order valence-corrected chi connectivity index (χ1v) is 50.0. The summed E-state index contributed by atoms with van der Waals surface area (Å²) in [6.07, 6.45) is 79.3. The predicted octanol–water partition coefficient (Wildman–Crippen LogP) is 20.9. The van der Waals surface area contributed by atoms with Crippen LogP contribution in [0.1, 0.15) is 438 Å². The molecule has 0 bridgehead atoms. The number of allylic oxidation sites excluding steroid dienone is 10. The molecule has 0 saturated carbocycles. The van der Waals surface area contributed by atoms with E-state index in [0.29, 0.717) is 12.8 Å². The van der Waals surface area contributed by atoms with Gasteiger partial charge in [0.2, 0.25) is 5.91 Å². The molecule has 0 spiro atoms. The number of carbonyl (C=O) groups is 1. The van der Waals surface area contributed by atoms with Crippen molar-refractivity contribution >= 4 is 5.91 Å². The molecule has 12 N–H and O–H groups in total. The van der Waals surface area contributed by atoms with E-state index in [1.807, 2.05) is 0 Å². The maximum absolute atomic E-state index is 13.6. The molecule has 119 heavy (non-hydrogen) atoms. The number of ether oxygens (including phenoxy) is 6. The summed E-state index contributed by atoms with van der Waals surface area (Å²) in [5.74, 6) is -0.233. The van der Waals surface area contributed by atoms with Gasteiger partial charge in [-0.1, -0.05) is 434 Å². The van der Waals surface area contributed by atoms with E-state index in [4.69, 9.17) is 28.4 Å². The second kappa shape index (κ2) is 78.9. The highest BCUT2D eigenvalue weighted by Gasteiger charge is 2.54. The van der Waals surface area contributed by atoms with E-state index in [1.165, 1.54) is 327 Å². The fraction of sp³-hybridized carbons (Fsp3) is 0.890. The Labute approximate surface area is 726 Å². The highest BCUT2D eigenvalue weighted by molar-refractivity contribution is 5.76. The van der Waals surface area contributed by atoms with Gasteiger partial charge in [-0.2, -0.15) is 0 Å². The molecule has 3 saturated heterocycles. The smallest absolute Gasteiger partial charge is 0.220 e. The van der Waals surface area contributed by atoms with E-state index >= 15 is 0 Å². The average molecular weight is 1690 g/mol. The van der Waals surface area contributed by atoms with Crippen molar-refractivity contribution in [1.82, 2.24) is 5.32 Å². The van der Waals surface area contributed by atoms with Crippen molar-refractivity contribution < 1.29 is 89.4 Å². The average Bonchev–Trinajstić information content (AvgIpc) is 0.778. The van der Waals surface area contributed by atoms with E-state index < -0.39 is 124 Å². The van der Waals surface area contributed by atoms with Crippen LogP contribution < -0.4 is 5.32 Å². The molecule has 17 unspecified atom stereocenters. The van der Waals surface area contributed by atoms with Gasteiger partial charge in [0.15, 0.2) is 18.9 Å². The van der Waals surface area contributed by atoms with Crippen LogP contribution in [-0.2, 0) is 33.2 Å². The summed E-state index contributed by atoms with van der Waals surface area (Å²) in [6, 6.07) is -0.889. The number of hydrogen-bond acceptors (Lipinski definition) is 18. The van der Waals surface area contributed by atoms with Gasteiger partial charge in [0.05, 0.1) is 38.6 Å². The van der Waals surface area contributed by atoms with Crippen molar-refractivity contribution in [3.8, 4) is 0 Å². The van der Waals surface area contributed by atoms with E-state index in [1.54, 1.807) is 0 Å². The summed E-state index contributed by atoms with van der Waals surface area (Å²) in [6.45, 7) is 1.76. The zero-order valence-corrected chi connectivity index (χ0v) is 75.9. The Balaban J connectivity index is 1.27. The molecule has 3 rings (SSSR count). The quantitative estimate of drug-likeness (QED) is 0.0199. The lowest BCUT2D eigenvalue weighted by Crippen LogP contribution is -2.66. The molecular weight excluding hydrogens is 1500 g/mol. The van der Waals surface area contributed by atoms with Crippen LogP contribution in [0.4, 0.5) is 0 Å². The van der Waals surface area contributed by atoms with Crippen LogP contribution in [0.3, 0.4) is 0 Å². The lowest BCUT2D eigenvalue weighted by Gasteiger charge is -2.48. The molecule has 698 valence electrons. The molecule has 1 amide bonds. The van der Waals surface area contributed by atoms with E-state index in [-0.39, 0.29) is 18.9 Å². The summed E-state index contributed by atoms with van der Waals surface area (Å²) in [5.41, 5.74) is 0. The minimum Gasteiger partial charge on any atom is -0.394 e. The Hall–Kier alpha value is -2.51. The third kappa shape index (κ3) is 56.3. The predicted molar refractivity (Wildman–Crippen MR) is 485 cm³/mol. The lowest BCUT2D eigenvalue weighted by molar-refractivity contribution is -0.379. The minimum absolute atomic E-state index is 0.233. The molecule has 3 aliphatic heterocycles. The van der Waals surface area contributed by atoms with Crippen molar-refractivity contribution in [1.29, 1.82) is 0 Å². The maximum Gasteiger partial charge on any atom is 0.220 e. The van der Waals surface area contributed by atoms with Crippen LogP contribution in [0, 0.1) is 0 Å². The summed E-state index contributed by atoms with van der Waals surface area (Å²) >= 11 is 0. The molecule has 19 heteroatoms. The Morgan fingerprint density at radius 3 is 0.908 bits per heavy atom. The third-order valence-corrected chi connectivity index (χ3v) is 24.9. The number of nitrogens with one attached hydrogen (secondary N) is 1. The van der Waals surface area contributed by atoms with E-state index in [0.717, 1.165) is 77.0 Å². The molecular formula is C100H185NO18. The molecule has 17 atom stereocenters. The Bertz CT molecular complexity index is 2380. The molecule has 0 radical (unpaired) electrons. The normalized spacial score (nSPS) is 24.4. The molecule has 3 heterocycles. The largest absolute Gasteiger partial charge is 0.394 e. The molecule has 0 aromatic rings. The van der Waals surface area contributed by atoms with Crippen molar-refractivity contribution in [3.05, 3.63) is 60.8 Å². The van der Waals surface area contributed by atoms with Crippen LogP contribution in [0.15, 0.2) is 60.8 Å². The Morgan fingerprint density at radius 2 is 0.580 bits per heavy atom. The minimum atomic E-state index is -1.97. The summed E-state index contributed by atoms with van der Waals surface area (Å²) in [4.78, 5) is 13.6. The van der Waals surface area contributed by atoms with Crippen LogP contribution in [-0.4, -0.2) is 193 Å². The molecule has 0 aromatic carbocycles. The maximum atomic E-state index is 13.6. The summed E-state index contributed by atoms with van der Waals surface area (Å²) in [5, 5.41) is 122. The van der Waals surface area contributed by atoms with Gasteiger partial charge in [-0.15, -0.1) is 0 Å². The Kier molecular flexibility index (Phi) is 73.4. The number of amides is 1. The van der Waals surface area contributed by atoms with Gasteiger partial charge in [0, 0.05) is 6.42 Å². The first-order valence-electron chi connectivity index (χ1n) is 50.0. The number of aliphatic hydroxyl groups excluding tert-OH is 11. The number of hydrogen-bond donors (Lipinski definition) is 12. The van der Waals surface area contributed by atoms with Gasteiger partial charge < -0.3 is 89.9 Å². The third-order valence-electron chi connectivity index (χ3n) is 24.9. The monoisotopic (exact) mass is 1690 g/mol. The molecule has 0 aliphatic carbocycles. The second-order valence-electron chi connectivity index (χ2n) is 35.6. The van der Waals surface area contributed by atoms with Gasteiger partial charge in [0.25, 0.3) is 0 Å². The van der Waals surface area contributed by atoms with Crippen molar-refractivity contribution in [2.75, 3.05) is 26.4 Å². The SMILES string of the molecule is CC/C=C\C/C=C\C/C=C\C/C=C\C/C=C\CCCCCCCCCCCCCCCCCCCCCCCCCCCC(=O)NC(COC1OC(CO)C(OC2OC(CO)C(OC3OC(CO)C(O)C(O)C3O)C(O)C2O)C(O)C1O)C(O)CCCCCCCCCCCCCCCCCCCCCCCCCCCCCCCCCCC. The highest BCUT2D eigenvalue weighted by atomic mass is 16.8. The first-order chi connectivity index (χ1) is 58.3. The fourth-order valence-corrected chi connectivity index (χ4v) is 17.0. The van der Waals surface area contributed by atoms with Gasteiger partial charge >= 0.3 is 0 Å². The topological polar surface area (TPSA) is 307 Å². The zero-order valence-electron chi connectivity index (χ0n) is 75.9. The highest BCUT2D eigenvalue weighted by Crippen LogP contribution is 2.34. The van der Waals surface area contributed by atoms with Crippen LogP contribution in [0.25, 0.3) is 0 Å². The van der Waals surface area contributed by atoms with E-state index in [2.05, 4.69) is 79.9 Å². The summed E-state index contributed by atoms with van der Waals surface area (Å²) in [7, 11) is 0. The number of carbonyl (C=O) groups excluding carboxylic acids is 1. The van der Waals surface area contributed by atoms with Crippen LogP contribution in [0.5, 0.6) is 0 Å². The van der Waals surface area contributed by atoms with Gasteiger partial charge in [0.1, 0.15) is 73.2 Å². The van der Waals surface area contributed by atoms with Crippen LogP contribution in [0.2, 0.25) is 0 Å². The molecule has 3 aliphatic rings. The Morgan fingerprint density at radius 1 is 0.311 bits per heavy atom. The molecule has 19 nitrogen and oxygen atoms in total. The number of unbranched alkanes of at least 4 members (excludes halogenated alkanes) is 57. The molecule has 3 fully saturated rings. The standard InChI is InChI=1S/C100H185NO18/c1-3-5-7-9-11-13-15-17-19-21-23-25-27-29-31-33-35-37-38-39-40-41-42-43-44-46-48-50-52-54-56-58-60-62-64-66-68-70-72-74-76-78-88(106)101-83(84(105)77-75-73-71-69-67-65-63-61-59-57-55-53-51-49-47-45-36-34-32-30-28-26-24-22-20-18-16-14-12-10-8-6-4-2)82-114-98-94(112)91(109)96(86(80-103)116-98)119-100-95(113)92(110)97(87(81-104)117-100)118-99-93(111)90(108)89(107)85(79-102)115-99/h5,7,11,13,17,19,23,25,29,31,83-87,89-100,102-105,107-113H,3-4,6,8-10,12,14-16,18,20-22,24,26-28,30,32-82H2,1-2H3,(H,101,106)/b7-5-,13-11-,19-17-,25-23-,31-29-. The van der Waals surface area contributed by atoms with Gasteiger partial charge in [-0.25, -0.2) is 0 Å². The summed E-state index contributed by atoms with van der Waals surface area (Å²) < 4.78 is 34.7. The van der Waals surface area contributed by atoms with Crippen molar-refractivity contribution in [2.45, 2.75) is 542 Å². The van der Waals surface area contributed by atoms with Crippen LogP contribution >= 0.6 is 0 Å². The lowest BCUT2D eigenvalue weighted by atomic mass is 9.96. The number of rotatable bonds is 83.